The van der Waals surface area contributed by atoms with Gasteiger partial charge in [0.25, 0.3) is 5.91 Å². The standard InChI is InChI=1S/C31H33ClN2O4/c1-30(2)13-22-28(24(35)15-30)27(29-23(34-22)14-31(3,4)16-25(29)36)18-6-5-7-21(12-18)38-17-26(37)33-20-10-8-19(32)9-11-20/h5-12,27,34H,13-17H2,1-4H3,(H,33,37). The molecule has 0 spiro atoms. The smallest absolute Gasteiger partial charge is 0.262 e. The van der Waals surface area contributed by atoms with Gasteiger partial charge in [0.15, 0.2) is 18.2 Å². The summed E-state index contributed by atoms with van der Waals surface area (Å²) in [6.07, 6.45) is 2.37. The molecule has 7 heteroatoms. The molecular formula is C31H33ClN2O4. The number of Topliss-reactive ketones (excluding diaryl/α,β-unsaturated/α-hetero) is 2. The minimum atomic E-state index is -0.445. The van der Waals surface area contributed by atoms with Crippen molar-refractivity contribution in [2.24, 2.45) is 10.8 Å². The van der Waals surface area contributed by atoms with Crippen LogP contribution in [0.5, 0.6) is 5.75 Å². The molecule has 0 aromatic heterocycles. The Morgan fingerprint density at radius 2 is 1.50 bits per heavy atom. The van der Waals surface area contributed by atoms with Crippen molar-refractivity contribution in [1.82, 2.24) is 5.32 Å². The van der Waals surface area contributed by atoms with E-state index in [0.717, 1.165) is 29.8 Å². The summed E-state index contributed by atoms with van der Waals surface area (Å²) in [5.74, 6) is -0.0918. The number of allylic oxidation sites excluding steroid dienone is 4. The fourth-order valence-corrected chi connectivity index (χ4v) is 6.01. The van der Waals surface area contributed by atoms with Crippen molar-refractivity contribution in [2.45, 2.75) is 59.3 Å². The van der Waals surface area contributed by atoms with Crippen molar-refractivity contribution in [3.05, 3.63) is 81.7 Å². The molecule has 5 rings (SSSR count). The molecule has 0 unspecified atom stereocenters. The Balaban J connectivity index is 1.44. The van der Waals surface area contributed by atoms with E-state index in [1.165, 1.54) is 0 Å². The summed E-state index contributed by atoms with van der Waals surface area (Å²) in [7, 11) is 0. The summed E-state index contributed by atoms with van der Waals surface area (Å²) in [6, 6.07) is 14.3. The Bertz CT molecular complexity index is 1330. The van der Waals surface area contributed by atoms with Crippen molar-refractivity contribution < 1.29 is 19.1 Å². The van der Waals surface area contributed by atoms with Gasteiger partial charge in [-0.1, -0.05) is 51.4 Å². The largest absolute Gasteiger partial charge is 0.484 e. The van der Waals surface area contributed by atoms with E-state index < -0.39 is 5.92 Å². The highest BCUT2D eigenvalue weighted by Gasteiger charge is 2.46. The van der Waals surface area contributed by atoms with Gasteiger partial charge in [-0.2, -0.15) is 0 Å². The van der Waals surface area contributed by atoms with Gasteiger partial charge in [0.2, 0.25) is 0 Å². The molecule has 6 nitrogen and oxygen atoms in total. The van der Waals surface area contributed by atoms with Gasteiger partial charge in [-0.3, -0.25) is 14.4 Å². The van der Waals surface area contributed by atoms with Crippen molar-refractivity contribution in [1.29, 1.82) is 0 Å². The molecule has 0 fully saturated rings. The summed E-state index contributed by atoms with van der Waals surface area (Å²) >= 11 is 5.91. The first-order valence-electron chi connectivity index (χ1n) is 13.0. The van der Waals surface area contributed by atoms with Crippen LogP contribution in [0.4, 0.5) is 5.69 Å². The lowest BCUT2D eigenvalue weighted by molar-refractivity contribution is -0.119. The number of benzene rings is 2. The monoisotopic (exact) mass is 532 g/mol. The molecule has 38 heavy (non-hydrogen) atoms. The molecule has 2 aromatic rings. The number of halogens is 1. The highest BCUT2D eigenvalue weighted by atomic mass is 35.5. The first-order chi connectivity index (χ1) is 17.9. The Kier molecular flexibility index (Phi) is 6.72. The molecule has 2 aromatic carbocycles. The average molecular weight is 533 g/mol. The summed E-state index contributed by atoms with van der Waals surface area (Å²) < 4.78 is 5.83. The van der Waals surface area contributed by atoms with Crippen LogP contribution in [0.25, 0.3) is 0 Å². The second-order valence-electron chi connectivity index (χ2n) is 12.1. The molecule has 0 saturated carbocycles. The molecular weight excluding hydrogens is 500 g/mol. The van der Waals surface area contributed by atoms with Gasteiger partial charge in [0.1, 0.15) is 5.75 Å². The van der Waals surface area contributed by atoms with Crippen LogP contribution < -0.4 is 15.4 Å². The molecule has 1 amide bonds. The molecule has 1 aliphatic heterocycles. The van der Waals surface area contributed by atoms with Gasteiger partial charge in [-0.05, 0) is 65.6 Å². The number of ether oxygens (including phenoxy) is 1. The Labute approximate surface area is 228 Å². The van der Waals surface area contributed by atoms with Gasteiger partial charge in [-0.25, -0.2) is 0 Å². The van der Waals surface area contributed by atoms with E-state index >= 15 is 0 Å². The maximum absolute atomic E-state index is 13.5. The zero-order valence-electron chi connectivity index (χ0n) is 22.2. The van der Waals surface area contributed by atoms with Crippen molar-refractivity contribution in [3.8, 4) is 5.75 Å². The number of anilines is 1. The molecule has 0 bridgehead atoms. The predicted molar refractivity (Wildman–Crippen MR) is 148 cm³/mol. The topological polar surface area (TPSA) is 84.5 Å². The summed E-state index contributed by atoms with van der Waals surface area (Å²) in [5.41, 5.74) is 4.38. The van der Waals surface area contributed by atoms with Crippen molar-refractivity contribution in [2.75, 3.05) is 11.9 Å². The number of hydrogen-bond donors (Lipinski definition) is 2. The van der Waals surface area contributed by atoms with Crippen LogP contribution >= 0.6 is 11.6 Å². The van der Waals surface area contributed by atoms with Gasteiger partial charge in [0, 0.05) is 52.0 Å². The third kappa shape index (κ3) is 5.41. The van der Waals surface area contributed by atoms with Crippen LogP contribution in [-0.4, -0.2) is 24.1 Å². The van der Waals surface area contributed by atoms with E-state index in [4.69, 9.17) is 16.3 Å². The van der Waals surface area contributed by atoms with Crippen LogP contribution in [0.1, 0.15) is 64.9 Å². The zero-order valence-corrected chi connectivity index (χ0v) is 23.0. The van der Waals surface area contributed by atoms with E-state index in [2.05, 4.69) is 38.3 Å². The van der Waals surface area contributed by atoms with Gasteiger partial charge in [-0.15, -0.1) is 0 Å². The first-order valence-corrected chi connectivity index (χ1v) is 13.4. The van der Waals surface area contributed by atoms with Crippen molar-refractivity contribution >= 4 is 34.8 Å². The number of dihydropyridines is 1. The molecule has 0 saturated heterocycles. The van der Waals surface area contributed by atoms with E-state index in [-0.39, 0.29) is 34.9 Å². The number of rotatable bonds is 5. The highest BCUT2D eigenvalue weighted by molar-refractivity contribution is 6.30. The summed E-state index contributed by atoms with van der Waals surface area (Å²) in [5, 5.41) is 6.91. The molecule has 2 N–H and O–H groups in total. The second-order valence-corrected chi connectivity index (χ2v) is 12.6. The van der Waals surface area contributed by atoms with Crippen LogP contribution in [0, 0.1) is 10.8 Å². The molecule has 198 valence electrons. The first kappa shape index (κ1) is 26.2. The fourth-order valence-electron chi connectivity index (χ4n) is 5.89. The summed E-state index contributed by atoms with van der Waals surface area (Å²) in [6.45, 7) is 8.24. The molecule has 2 aliphatic carbocycles. The van der Waals surface area contributed by atoms with Crippen molar-refractivity contribution in [3.63, 3.8) is 0 Å². The molecule has 3 aliphatic rings. The zero-order chi connectivity index (χ0) is 27.2. The minimum Gasteiger partial charge on any atom is -0.484 e. The maximum Gasteiger partial charge on any atom is 0.262 e. The molecule has 0 atom stereocenters. The number of nitrogens with one attached hydrogen (secondary N) is 2. The predicted octanol–water partition coefficient (Wildman–Crippen LogP) is 6.33. The normalized spacial score (nSPS) is 20.4. The highest BCUT2D eigenvalue weighted by Crippen LogP contribution is 2.51. The Hall–Kier alpha value is -3.38. The SMILES string of the molecule is CC1(C)CC(=O)C2=C(C1)NC1=C(C(=O)CC(C)(C)C1)C2c1cccc(OCC(=O)Nc2ccc(Cl)cc2)c1. The lowest BCUT2D eigenvalue weighted by atomic mass is 9.64. The Morgan fingerprint density at radius 3 is 2.08 bits per heavy atom. The van der Waals surface area contributed by atoms with Crippen LogP contribution in [0.3, 0.4) is 0 Å². The van der Waals surface area contributed by atoms with Crippen LogP contribution in [0.2, 0.25) is 5.02 Å². The fraction of sp³-hybridized carbons (Fsp3) is 0.387. The molecule has 1 heterocycles. The number of hydrogen-bond acceptors (Lipinski definition) is 5. The number of amides is 1. The van der Waals surface area contributed by atoms with Gasteiger partial charge >= 0.3 is 0 Å². The lowest BCUT2D eigenvalue weighted by Crippen LogP contribution is -2.42. The number of ketones is 2. The van der Waals surface area contributed by atoms with Gasteiger partial charge in [0.05, 0.1) is 0 Å². The average Bonchev–Trinajstić information content (AvgIpc) is 2.81. The second kappa shape index (κ2) is 9.73. The van der Waals surface area contributed by atoms with E-state index in [1.54, 1.807) is 30.3 Å². The Morgan fingerprint density at radius 1 is 0.921 bits per heavy atom. The van der Waals surface area contributed by atoms with Crippen LogP contribution in [0.15, 0.2) is 71.1 Å². The van der Waals surface area contributed by atoms with E-state index in [0.29, 0.717) is 40.4 Å². The molecule has 0 radical (unpaired) electrons. The van der Waals surface area contributed by atoms with Gasteiger partial charge < -0.3 is 15.4 Å². The maximum atomic E-state index is 13.5. The third-order valence-corrected chi connectivity index (χ3v) is 7.66. The number of carbonyl (C=O) groups is 3. The summed E-state index contributed by atoms with van der Waals surface area (Å²) in [4.78, 5) is 39.5. The van der Waals surface area contributed by atoms with Crippen LogP contribution in [-0.2, 0) is 14.4 Å². The quantitative estimate of drug-likeness (QED) is 0.470. The van der Waals surface area contributed by atoms with E-state index in [1.807, 2.05) is 18.2 Å². The third-order valence-electron chi connectivity index (χ3n) is 7.41. The lowest BCUT2D eigenvalue weighted by Gasteiger charge is -2.44. The number of carbonyl (C=O) groups excluding carboxylic acids is 3. The van der Waals surface area contributed by atoms with E-state index in [9.17, 15) is 14.4 Å². The minimum absolute atomic E-state index is 0.0756.